The van der Waals surface area contributed by atoms with E-state index in [-0.39, 0.29) is 18.2 Å². The summed E-state index contributed by atoms with van der Waals surface area (Å²) in [6.45, 7) is 9.24. The standard InChI is InChI=1S/C16H29N3O2/c1-5-13(9-10-17)18-12-14-8-6-7-11-19(14)15(20)21-16(2,3)4/h13-14,18H,5-9,11-12H2,1-4H3. The number of hydrogen-bond acceptors (Lipinski definition) is 4. The van der Waals surface area contributed by atoms with Gasteiger partial charge in [-0.3, -0.25) is 0 Å². The molecule has 5 heteroatoms. The molecule has 0 radical (unpaired) electrons. The Kier molecular flexibility index (Phi) is 6.97. The van der Waals surface area contributed by atoms with Crippen LogP contribution in [0, 0.1) is 11.3 Å². The average molecular weight is 295 g/mol. The molecule has 0 aromatic carbocycles. The van der Waals surface area contributed by atoms with Gasteiger partial charge in [-0.1, -0.05) is 6.92 Å². The third-order valence-corrected chi connectivity index (χ3v) is 3.73. The molecule has 1 aliphatic heterocycles. The van der Waals surface area contributed by atoms with Crippen molar-refractivity contribution in [1.82, 2.24) is 10.2 Å². The molecule has 5 nitrogen and oxygen atoms in total. The highest BCUT2D eigenvalue weighted by molar-refractivity contribution is 5.68. The van der Waals surface area contributed by atoms with Gasteiger partial charge in [0.1, 0.15) is 5.60 Å². The van der Waals surface area contributed by atoms with Crippen LogP contribution < -0.4 is 5.32 Å². The van der Waals surface area contributed by atoms with Crippen LogP contribution in [0.25, 0.3) is 0 Å². The fourth-order valence-corrected chi connectivity index (χ4v) is 2.55. The molecular weight excluding hydrogens is 266 g/mol. The molecule has 0 aliphatic carbocycles. The van der Waals surface area contributed by atoms with Crippen molar-refractivity contribution in [3.05, 3.63) is 0 Å². The Balaban J connectivity index is 2.57. The van der Waals surface area contributed by atoms with Crippen molar-refractivity contribution in [3.8, 4) is 6.07 Å². The second-order valence-corrected chi connectivity index (χ2v) is 6.70. The van der Waals surface area contributed by atoms with Crippen molar-refractivity contribution in [2.75, 3.05) is 13.1 Å². The number of carbonyl (C=O) groups is 1. The minimum atomic E-state index is -0.459. The molecule has 1 saturated heterocycles. The molecule has 0 aromatic heterocycles. The van der Waals surface area contributed by atoms with Gasteiger partial charge in [-0.15, -0.1) is 0 Å². The number of nitrogens with one attached hydrogen (secondary N) is 1. The predicted molar refractivity (Wildman–Crippen MR) is 82.9 cm³/mol. The Morgan fingerprint density at radius 3 is 2.76 bits per heavy atom. The third-order valence-electron chi connectivity index (χ3n) is 3.73. The van der Waals surface area contributed by atoms with Crippen molar-refractivity contribution < 1.29 is 9.53 Å². The number of nitriles is 1. The van der Waals surface area contributed by atoms with Crippen LogP contribution in [0.2, 0.25) is 0 Å². The maximum Gasteiger partial charge on any atom is 0.410 e. The molecule has 1 rings (SSSR count). The lowest BCUT2D eigenvalue weighted by Crippen LogP contribution is -2.51. The summed E-state index contributed by atoms with van der Waals surface area (Å²) < 4.78 is 5.49. The fourth-order valence-electron chi connectivity index (χ4n) is 2.55. The number of piperidine rings is 1. The number of nitrogens with zero attached hydrogens (tertiary/aromatic N) is 2. The van der Waals surface area contributed by atoms with Gasteiger partial charge in [0.05, 0.1) is 12.5 Å². The summed E-state index contributed by atoms with van der Waals surface area (Å²) in [7, 11) is 0. The number of hydrogen-bond donors (Lipinski definition) is 1. The van der Waals surface area contributed by atoms with Gasteiger partial charge in [-0.2, -0.15) is 5.26 Å². The maximum absolute atomic E-state index is 12.3. The Morgan fingerprint density at radius 1 is 1.48 bits per heavy atom. The van der Waals surface area contributed by atoms with Crippen molar-refractivity contribution in [3.63, 3.8) is 0 Å². The monoisotopic (exact) mass is 295 g/mol. The second kappa shape index (κ2) is 8.23. The zero-order chi connectivity index (χ0) is 15.9. The van der Waals surface area contributed by atoms with Gasteiger partial charge in [0.15, 0.2) is 0 Å². The first-order valence-corrected chi connectivity index (χ1v) is 7.97. The quantitative estimate of drug-likeness (QED) is 0.846. The highest BCUT2D eigenvalue weighted by atomic mass is 16.6. The van der Waals surface area contributed by atoms with E-state index < -0.39 is 5.60 Å². The molecule has 120 valence electrons. The summed E-state index contributed by atoms with van der Waals surface area (Å²) in [6, 6.07) is 2.58. The first kappa shape index (κ1) is 17.8. The van der Waals surface area contributed by atoms with E-state index in [1.54, 1.807) is 0 Å². The number of rotatable bonds is 5. The van der Waals surface area contributed by atoms with E-state index in [9.17, 15) is 4.79 Å². The predicted octanol–water partition coefficient (Wildman–Crippen LogP) is 3.06. The smallest absolute Gasteiger partial charge is 0.410 e. The maximum atomic E-state index is 12.3. The summed E-state index contributed by atoms with van der Waals surface area (Å²) in [5.74, 6) is 0. The molecule has 0 spiro atoms. The van der Waals surface area contributed by atoms with Gasteiger partial charge in [0.2, 0.25) is 0 Å². The van der Waals surface area contributed by atoms with E-state index in [4.69, 9.17) is 10.00 Å². The Morgan fingerprint density at radius 2 is 2.19 bits per heavy atom. The topological polar surface area (TPSA) is 65.4 Å². The van der Waals surface area contributed by atoms with E-state index in [0.717, 1.165) is 38.8 Å². The van der Waals surface area contributed by atoms with Crippen molar-refractivity contribution in [2.24, 2.45) is 0 Å². The summed E-state index contributed by atoms with van der Waals surface area (Å²) in [5.41, 5.74) is -0.459. The molecular formula is C16H29N3O2. The molecule has 0 aromatic rings. The van der Waals surface area contributed by atoms with Gasteiger partial charge in [-0.05, 0) is 46.5 Å². The lowest BCUT2D eigenvalue weighted by atomic mass is 10.0. The second-order valence-electron chi connectivity index (χ2n) is 6.70. The van der Waals surface area contributed by atoms with Crippen LogP contribution in [-0.2, 0) is 4.74 Å². The van der Waals surface area contributed by atoms with Crippen molar-refractivity contribution >= 4 is 6.09 Å². The molecule has 1 fully saturated rings. The van der Waals surface area contributed by atoms with Gasteiger partial charge in [-0.25, -0.2) is 4.79 Å². The van der Waals surface area contributed by atoms with Crippen LogP contribution in [0.15, 0.2) is 0 Å². The molecule has 0 bridgehead atoms. The van der Waals surface area contributed by atoms with Gasteiger partial charge in [0.25, 0.3) is 0 Å². The molecule has 2 atom stereocenters. The molecule has 0 saturated carbocycles. The Labute approximate surface area is 128 Å². The molecule has 1 amide bonds. The van der Waals surface area contributed by atoms with Crippen LogP contribution in [-0.4, -0.2) is 41.8 Å². The van der Waals surface area contributed by atoms with E-state index in [2.05, 4.69) is 18.3 Å². The molecule has 1 aliphatic rings. The number of carbonyl (C=O) groups excluding carboxylic acids is 1. The molecule has 2 unspecified atom stereocenters. The SMILES string of the molecule is CCC(CC#N)NCC1CCCCN1C(=O)OC(C)(C)C. The first-order valence-electron chi connectivity index (χ1n) is 7.97. The number of amides is 1. The van der Waals surface area contributed by atoms with Crippen LogP contribution in [0.1, 0.15) is 59.8 Å². The number of ether oxygens (including phenoxy) is 1. The Bertz CT molecular complexity index is 371. The highest BCUT2D eigenvalue weighted by Gasteiger charge is 2.30. The minimum absolute atomic E-state index is 0.168. The normalized spacial score (nSPS) is 20.7. The van der Waals surface area contributed by atoms with E-state index in [1.807, 2.05) is 25.7 Å². The van der Waals surface area contributed by atoms with E-state index in [1.165, 1.54) is 0 Å². The van der Waals surface area contributed by atoms with Gasteiger partial charge in [0, 0.05) is 25.2 Å². The van der Waals surface area contributed by atoms with Crippen molar-refractivity contribution in [2.45, 2.75) is 77.5 Å². The van der Waals surface area contributed by atoms with Crippen molar-refractivity contribution in [1.29, 1.82) is 5.26 Å². The minimum Gasteiger partial charge on any atom is -0.444 e. The largest absolute Gasteiger partial charge is 0.444 e. The number of likely N-dealkylation sites (tertiary alicyclic amines) is 1. The van der Waals surface area contributed by atoms with Crippen LogP contribution in [0.3, 0.4) is 0 Å². The molecule has 1 heterocycles. The van der Waals surface area contributed by atoms with E-state index in [0.29, 0.717) is 6.42 Å². The van der Waals surface area contributed by atoms with Crippen LogP contribution in [0.5, 0.6) is 0 Å². The lowest BCUT2D eigenvalue weighted by molar-refractivity contribution is 0.00965. The highest BCUT2D eigenvalue weighted by Crippen LogP contribution is 2.20. The first-order chi connectivity index (χ1) is 9.87. The van der Waals surface area contributed by atoms with Gasteiger partial charge < -0.3 is 15.0 Å². The summed E-state index contributed by atoms with van der Waals surface area (Å²) >= 11 is 0. The molecule has 21 heavy (non-hydrogen) atoms. The Hall–Kier alpha value is -1.28. The summed E-state index contributed by atoms with van der Waals surface area (Å²) in [4.78, 5) is 14.1. The summed E-state index contributed by atoms with van der Waals surface area (Å²) in [5, 5.41) is 12.2. The third kappa shape index (κ3) is 6.34. The molecule has 1 N–H and O–H groups in total. The van der Waals surface area contributed by atoms with Gasteiger partial charge >= 0.3 is 6.09 Å². The average Bonchev–Trinajstić information content (AvgIpc) is 2.42. The van der Waals surface area contributed by atoms with Crippen LogP contribution >= 0.6 is 0 Å². The summed E-state index contributed by atoms with van der Waals surface area (Å²) in [6.07, 6.45) is 4.38. The fraction of sp³-hybridized carbons (Fsp3) is 0.875. The van der Waals surface area contributed by atoms with Crippen LogP contribution in [0.4, 0.5) is 4.79 Å². The van der Waals surface area contributed by atoms with E-state index >= 15 is 0 Å². The lowest BCUT2D eigenvalue weighted by Gasteiger charge is -2.37. The zero-order valence-electron chi connectivity index (χ0n) is 13.8. The zero-order valence-corrected chi connectivity index (χ0v) is 13.8.